The lowest BCUT2D eigenvalue weighted by atomic mass is 9.99. The minimum Gasteiger partial charge on any atom is -0.366 e. The summed E-state index contributed by atoms with van der Waals surface area (Å²) < 4.78 is 0. The van der Waals surface area contributed by atoms with Gasteiger partial charge in [-0.15, -0.1) is 0 Å². The Bertz CT molecular complexity index is 793. The number of benzene rings is 1. The molecule has 0 atom stereocenters. The van der Waals surface area contributed by atoms with E-state index < -0.39 is 5.91 Å². The molecule has 0 fully saturated rings. The summed E-state index contributed by atoms with van der Waals surface area (Å²) in [6.45, 7) is 1.90. The van der Waals surface area contributed by atoms with Gasteiger partial charge in [0.1, 0.15) is 5.69 Å². The van der Waals surface area contributed by atoms with Gasteiger partial charge < -0.3 is 5.73 Å². The molecule has 0 bridgehead atoms. The van der Waals surface area contributed by atoms with E-state index in [0.29, 0.717) is 11.3 Å². The van der Waals surface area contributed by atoms with Crippen molar-refractivity contribution in [3.05, 3.63) is 59.9 Å². The fraction of sp³-hybridized carbons (Fsp3) is 0.0625. The molecule has 1 amide bonds. The maximum atomic E-state index is 11.6. The molecular weight excluding hydrogens is 264 g/mol. The Balaban J connectivity index is 2.25. The second kappa shape index (κ2) is 5.20. The predicted octanol–water partition coefficient (Wildman–Crippen LogP) is 2.55. The van der Waals surface area contributed by atoms with E-state index in [0.717, 1.165) is 22.5 Å². The van der Waals surface area contributed by atoms with Crippen molar-refractivity contribution in [2.45, 2.75) is 6.92 Å². The number of nitrogens with zero attached hydrogens (tertiary/aromatic N) is 2. The van der Waals surface area contributed by atoms with Gasteiger partial charge >= 0.3 is 0 Å². The van der Waals surface area contributed by atoms with Crippen molar-refractivity contribution in [3.8, 4) is 22.5 Å². The Morgan fingerprint density at radius 1 is 1.10 bits per heavy atom. The van der Waals surface area contributed by atoms with Crippen LogP contribution in [-0.2, 0) is 0 Å². The van der Waals surface area contributed by atoms with Crippen LogP contribution in [0.25, 0.3) is 22.5 Å². The highest BCUT2D eigenvalue weighted by Crippen LogP contribution is 2.33. The summed E-state index contributed by atoms with van der Waals surface area (Å²) in [5.41, 5.74) is 9.75. The third-order valence-corrected chi connectivity index (χ3v) is 3.30. The Labute approximate surface area is 121 Å². The van der Waals surface area contributed by atoms with Gasteiger partial charge in [-0.05, 0) is 19.1 Å². The number of nitrogens with one attached hydrogen (secondary N) is 1. The highest BCUT2D eigenvalue weighted by atomic mass is 16.1. The standard InChI is InChI=1S/C16H14N4O/c1-10-13(15-12(16(17)21)8-5-9-18-15)14(20-19-10)11-6-3-2-4-7-11/h2-9H,1H3,(H2,17,21)(H,19,20). The first-order valence-electron chi connectivity index (χ1n) is 6.54. The number of nitrogens with two attached hydrogens (primary N) is 1. The lowest BCUT2D eigenvalue weighted by molar-refractivity contribution is 0.100. The van der Waals surface area contributed by atoms with Gasteiger partial charge in [0.2, 0.25) is 0 Å². The van der Waals surface area contributed by atoms with Crippen molar-refractivity contribution < 1.29 is 4.79 Å². The predicted molar refractivity (Wildman–Crippen MR) is 80.5 cm³/mol. The molecule has 3 rings (SSSR count). The molecule has 5 heteroatoms. The number of aromatic nitrogens is 3. The highest BCUT2D eigenvalue weighted by molar-refractivity contribution is 6.00. The van der Waals surface area contributed by atoms with Gasteiger partial charge in [0.05, 0.1) is 11.3 Å². The number of amides is 1. The zero-order valence-corrected chi connectivity index (χ0v) is 11.5. The Hall–Kier alpha value is -2.95. The molecule has 0 radical (unpaired) electrons. The summed E-state index contributed by atoms with van der Waals surface area (Å²) >= 11 is 0. The smallest absolute Gasteiger partial charge is 0.250 e. The summed E-state index contributed by atoms with van der Waals surface area (Å²) in [5, 5.41) is 7.30. The van der Waals surface area contributed by atoms with Crippen LogP contribution in [0.2, 0.25) is 0 Å². The average molecular weight is 278 g/mol. The number of aryl methyl sites for hydroxylation is 1. The average Bonchev–Trinajstić information content (AvgIpc) is 2.89. The van der Waals surface area contributed by atoms with E-state index in [2.05, 4.69) is 15.2 Å². The Kier molecular flexibility index (Phi) is 3.23. The van der Waals surface area contributed by atoms with Crippen molar-refractivity contribution in [3.63, 3.8) is 0 Å². The number of carbonyl (C=O) groups excluding carboxylic acids is 1. The topological polar surface area (TPSA) is 84.7 Å². The molecule has 2 heterocycles. The first-order valence-corrected chi connectivity index (χ1v) is 6.54. The first kappa shape index (κ1) is 13.1. The zero-order valence-electron chi connectivity index (χ0n) is 11.5. The largest absolute Gasteiger partial charge is 0.366 e. The summed E-state index contributed by atoms with van der Waals surface area (Å²) in [7, 11) is 0. The van der Waals surface area contributed by atoms with Gasteiger partial charge in [-0.3, -0.25) is 14.9 Å². The SMILES string of the molecule is Cc1[nH]nc(-c2ccccc2)c1-c1ncccc1C(N)=O. The number of hydrogen-bond acceptors (Lipinski definition) is 3. The van der Waals surface area contributed by atoms with Crippen molar-refractivity contribution in [2.75, 3.05) is 0 Å². The molecule has 0 aliphatic carbocycles. The third kappa shape index (κ3) is 2.29. The van der Waals surface area contributed by atoms with E-state index in [1.807, 2.05) is 37.3 Å². The molecule has 5 nitrogen and oxygen atoms in total. The van der Waals surface area contributed by atoms with Crippen LogP contribution in [-0.4, -0.2) is 21.1 Å². The summed E-state index contributed by atoms with van der Waals surface area (Å²) in [6, 6.07) is 13.1. The second-order valence-electron chi connectivity index (χ2n) is 4.70. The highest BCUT2D eigenvalue weighted by Gasteiger charge is 2.19. The molecule has 0 aliphatic heterocycles. The van der Waals surface area contributed by atoms with E-state index in [1.54, 1.807) is 18.3 Å². The van der Waals surface area contributed by atoms with Gasteiger partial charge in [-0.1, -0.05) is 30.3 Å². The first-order chi connectivity index (χ1) is 10.2. The molecule has 3 aromatic rings. The number of rotatable bonds is 3. The van der Waals surface area contributed by atoms with Crippen molar-refractivity contribution in [1.82, 2.24) is 15.2 Å². The molecule has 0 saturated heterocycles. The van der Waals surface area contributed by atoms with Crippen molar-refractivity contribution in [2.24, 2.45) is 5.73 Å². The lowest BCUT2D eigenvalue weighted by Gasteiger charge is -2.07. The van der Waals surface area contributed by atoms with E-state index in [1.165, 1.54) is 0 Å². The van der Waals surface area contributed by atoms with Crippen LogP contribution in [0, 0.1) is 6.92 Å². The minimum atomic E-state index is -0.502. The number of H-pyrrole nitrogens is 1. The van der Waals surface area contributed by atoms with Crippen LogP contribution >= 0.6 is 0 Å². The molecule has 0 aliphatic rings. The molecule has 0 spiro atoms. The van der Waals surface area contributed by atoms with E-state index in [9.17, 15) is 4.79 Å². The molecule has 0 unspecified atom stereocenters. The number of primary amides is 1. The fourth-order valence-electron chi connectivity index (χ4n) is 2.33. The van der Waals surface area contributed by atoms with Crippen LogP contribution in [0.5, 0.6) is 0 Å². The van der Waals surface area contributed by atoms with Gasteiger partial charge in [-0.2, -0.15) is 5.10 Å². The second-order valence-corrected chi connectivity index (χ2v) is 4.70. The Morgan fingerprint density at radius 2 is 1.86 bits per heavy atom. The van der Waals surface area contributed by atoms with Crippen molar-refractivity contribution in [1.29, 1.82) is 0 Å². The van der Waals surface area contributed by atoms with E-state index in [-0.39, 0.29) is 0 Å². The number of carbonyl (C=O) groups is 1. The van der Waals surface area contributed by atoms with Crippen LogP contribution in [0.3, 0.4) is 0 Å². The molecule has 104 valence electrons. The molecule has 0 saturated carbocycles. The fourth-order valence-corrected chi connectivity index (χ4v) is 2.33. The van der Waals surface area contributed by atoms with Crippen LogP contribution < -0.4 is 5.73 Å². The van der Waals surface area contributed by atoms with Gasteiger partial charge in [0.15, 0.2) is 0 Å². The summed E-state index contributed by atoms with van der Waals surface area (Å²) in [6.07, 6.45) is 1.64. The van der Waals surface area contributed by atoms with Crippen molar-refractivity contribution >= 4 is 5.91 Å². The van der Waals surface area contributed by atoms with Crippen LogP contribution in [0.4, 0.5) is 0 Å². The summed E-state index contributed by atoms with van der Waals surface area (Å²) in [4.78, 5) is 16.0. The zero-order chi connectivity index (χ0) is 14.8. The third-order valence-electron chi connectivity index (χ3n) is 3.30. The number of aromatic amines is 1. The van der Waals surface area contributed by atoms with Gasteiger partial charge in [-0.25, -0.2) is 0 Å². The molecule has 2 aromatic heterocycles. The molecule has 3 N–H and O–H groups in total. The van der Waals surface area contributed by atoms with Crippen LogP contribution in [0.15, 0.2) is 48.7 Å². The van der Waals surface area contributed by atoms with E-state index in [4.69, 9.17) is 5.73 Å². The van der Waals surface area contributed by atoms with Gasteiger partial charge in [0, 0.05) is 23.0 Å². The number of pyridine rings is 1. The minimum absolute atomic E-state index is 0.388. The number of hydrogen-bond donors (Lipinski definition) is 2. The molecule has 1 aromatic carbocycles. The maximum Gasteiger partial charge on any atom is 0.250 e. The lowest BCUT2D eigenvalue weighted by Crippen LogP contribution is -2.13. The quantitative estimate of drug-likeness (QED) is 0.772. The maximum absolute atomic E-state index is 11.6. The normalized spacial score (nSPS) is 10.5. The monoisotopic (exact) mass is 278 g/mol. The van der Waals surface area contributed by atoms with Gasteiger partial charge in [0.25, 0.3) is 5.91 Å². The molecule has 21 heavy (non-hydrogen) atoms. The van der Waals surface area contributed by atoms with Crippen LogP contribution in [0.1, 0.15) is 16.1 Å². The van der Waals surface area contributed by atoms with E-state index >= 15 is 0 Å². The summed E-state index contributed by atoms with van der Waals surface area (Å²) in [5.74, 6) is -0.502. The molecular formula is C16H14N4O. The Morgan fingerprint density at radius 3 is 2.57 bits per heavy atom.